The number of hydrogen-bond donors (Lipinski definition) is 0. The first-order valence-corrected chi connectivity index (χ1v) is 17.4. The van der Waals surface area contributed by atoms with Gasteiger partial charge in [0, 0.05) is 22.2 Å². The fraction of sp³-hybridized carbons (Fsp3) is 0.231. The van der Waals surface area contributed by atoms with Crippen molar-refractivity contribution in [1.29, 1.82) is 0 Å². The summed E-state index contributed by atoms with van der Waals surface area (Å²) in [6.07, 6.45) is 1.28. The molecule has 0 N–H and O–H groups in total. The number of carbonyl (C=O) groups is 2. The topological polar surface area (TPSA) is 109 Å². The fourth-order valence-electron chi connectivity index (χ4n) is 5.64. The van der Waals surface area contributed by atoms with E-state index in [2.05, 4.69) is 0 Å². The van der Waals surface area contributed by atoms with Crippen molar-refractivity contribution in [1.82, 2.24) is 4.57 Å². The van der Waals surface area contributed by atoms with Crippen molar-refractivity contribution in [3.63, 3.8) is 0 Å². The van der Waals surface area contributed by atoms with Crippen molar-refractivity contribution in [2.75, 3.05) is 6.61 Å². The third-order valence-corrected chi connectivity index (χ3v) is 8.87. The molecule has 9 nitrogen and oxygen atoms in total. The summed E-state index contributed by atoms with van der Waals surface area (Å²) < 4.78 is 24.9. The Labute approximate surface area is 297 Å². The number of thiazole rings is 1. The summed E-state index contributed by atoms with van der Waals surface area (Å²) in [7, 11) is 0. The predicted molar refractivity (Wildman–Crippen MR) is 193 cm³/mol. The zero-order valence-electron chi connectivity index (χ0n) is 28.1. The second kappa shape index (κ2) is 14.7. The van der Waals surface area contributed by atoms with Gasteiger partial charge in [0.25, 0.3) is 5.56 Å². The fourth-order valence-corrected chi connectivity index (χ4v) is 6.79. The molecule has 0 radical (unpaired) electrons. The minimum Gasteiger partial charge on any atom is -0.491 e. The van der Waals surface area contributed by atoms with Gasteiger partial charge in [-0.05, 0) is 82.6 Å². The molecule has 50 heavy (non-hydrogen) atoms. The number of furan rings is 1. The van der Waals surface area contributed by atoms with Crippen LogP contribution in [0.3, 0.4) is 0 Å². The van der Waals surface area contributed by atoms with Crippen molar-refractivity contribution in [2.24, 2.45) is 4.99 Å². The van der Waals surface area contributed by atoms with Crippen LogP contribution in [0.5, 0.6) is 5.75 Å². The summed E-state index contributed by atoms with van der Waals surface area (Å²) in [5.74, 6) is 0.331. The Morgan fingerprint density at radius 3 is 2.38 bits per heavy atom. The normalized spacial score (nSPS) is 14.5. The summed E-state index contributed by atoms with van der Waals surface area (Å²) in [5, 5.41) is 0.419. The highest BCUT2D eigenvalue weighted by atomic mass is 35.5. The van der Waals surface area contributed by atoms with Gasteiger partial charge in [0.1, 0.15) is 17.3 Å². The van der Waals surface area contributed by atoms with Crippen LogP contribution in [0.25, 0.3) is 23.1 Å². The van der Waals surface area contributed by atoms with E-state index in [9.17, 15) is 14.4 Å². The molecule has 6 rings (SSSR count). The predicted octanol–water partition coefficient (Wildman–Crippen LogP) is 7.20. The van der Waals surface area contributed by atoms with Gasteiger partial charge in [-0.15, -0.1) is 0 Å². The molecular formula is C39H35ClN2O7S. The van der Waals surface area contributed by atoms with Gasteiger partial charge in [0.15, 0.2) is 4.80 Å². The maximum absolute atomic E-state index is 14.3. The molecule has 1 aliphatic rings. The lowest BCUT2D eigenvalue weighted by atomic mass is 9.93. The number of nitrogens with zero attached hydrogens (tertiary/aromatic N) is 2. The Morgan fingerprint density at radius 2 is 1.70 bits per heavy atom. The Balaban J connectivity index is 1.51. The molecular weight excluding hydrogens is 676 g/mol. The summed E-state index contributed by atoms with van der Waals surface area (Å²) >= 11 is 7.48. The monoisotopic (exact) mass is 710 g/mol. The highest BCUT2D eigenvalue weighted by Gasteiger charge is 2.35. The number of benzene rings is 3. The third-order valence-electron chi connectivity index (χ3n) is 7.65. The molecule has 2 aromatic heterocycles. The van der Waals surface area contributed by atoms with E-state index in [1.54, 1.807) is 57.2 Å². The van der Waals surface area contributed by atoms with E-state index >= 15 is 0 Å². The van der Waals surface area contributed by atoms with Gasteiger partial charge in [-0.25, -0.2) is 14.6 Å². The van der Waals surface area contributed by atoms with Gasteiger partial charge in [-0.1, -0.05) is 65.4 Å². The van der Waals surface area contributed by atoms with Crippen molar-refractivity contribution in [2.45, 2.75) is 52.9 Å². The molecule has 0 saturated heterocycles. The molecule has 0 amide bonds. The maximum atomic E-state index is 14.3. The van der Waals surface area contributed by atoms with E-state index in [-0.39, 0.29) is 29.9 Å². The van der Waals surface area contributed by atoms with Crippen molar-refractivity contribution < 1.29 is 28.2 Å². The average Bonchev–Trinajstić information content (AvgIpc) is 3.68. The van der Waals surface area contributed by atoms with Crippen LogP contribution in [0, 0.1) is 0 Å². The molecule has 256 valence electrons. The number of hydrogen-bond acceptors (Lipinski definition) is 9. The first-order valence-electron chi connectivity index (χ1n) is 16.2. The molecule has 0 unspecified atom stereocenters. The van der Waals surface area contributed by atoms with Crippen LogP contribution in [0.15, 0.2) is 105 Å². The number of ether oxygens (including phenoxy) is 3. The number of aromatic nitrogens is 1. The van der Waals surface area contributed by atoms with Gasteiger partial charge >= 0.3 is 11.9 Å². The van der Waals surface area contributed by atoms with E-state index < -0.39 is 18.0 Å². The summed E-state index contributed by atoms with van der Waals surface area (Å²) in [5.41, 5.74) is 2.46. The van der Waals surface area contributed by atoms with Crippen LogP contribution in [-0.4, -0.2) is 35.3 Å². The van der Waals surface area contributed by atoms with Crippen LogP contribution >= 0.6 is 22.9 Å². The molecule has 0 saturated carbocycles. The molecule has 3 aromatic carbocycles. The van der Waals surface area contributed by atoms with Gasteiger partial charge in [-0.2, -0.15) is 0 Å². The first kappa shape index (κ1) is 34.7. The molecule has 11 heteroatoms. The van der Waals surface area contributed by atoms with Gasteiger partial charge in [0.05, 0.1) is 46.2 Å². The lowest BCUT2D eigenvalue weighted by Crippen LogP contribution is -2.40. The quantitative estimate of drug-likeness (QED) is 0.141. The Morgan fingerprint density at radius 1 is 0.960 bits per heavy atom. The number of esters is 2. The van der Waals surface area contributed by atoms with Crippen LogP contribution in [0.1, 0.15) is 67.9 Å². The molecule has 1 aliphatic heterocycles. The first-order chi connectivity index (χ1) is 24.0. The Bertz CT molecular complexity index is 2270. The van der Waals surface area contributed by atoms with E-state index in [1.807, 2.05) is 68.4 Å². The summed E-state index contributed by atoms with van der Waals surface area (Å²) in [6.45, 7) is 9.31. The third kappa shape index (κ3) is 7.22. The number of fused-ring (bicyclic) bond motifs is 1. The molecule has 0 spiro atoms. The largest absolute Gasteiger partial charge is 0.491 e. The van der Waals surface area contributed by atoms with E-state index in [1.165, 1.54) is 15.9 Å². The van der Waals surface area contributed by atoms with Gasteiger partial charge in [0.2, 0.25) is 0 Å². The van der Waals surface area contributed by atoms with Crippen LogP contribution in [0.2, 0.25) is 5.02 Å². The standard InChI is InChI=1S/C39H35ClN2O7S/c1-6-46-38(45)33-34(24-10-8-7-9-11-24)41-39-42(35(33)25-12-15-27(16-13-25)47-22(2)3)36(43)32(50-39)21-28-17-19-31(49-28)30-20-26(40)14-18-29(30)37(44)48-23(4)5/h7-23,35H,6H2,1-5H3/b32-21-/t35-/m0/s1. The SMILES string of the molecule is CCOC(=O)C1=C(c2ccccc2)N=c2s/c(=C\c3ccc(-c4cc(Cl)ccc4C(=O)OC(C)C)o3)c(=O)n2[C@H]1c1ccc(OC(C)C)cc1. The highest BCUT2D eigenvalue weighted by molar-refractivity contribution is 7.07. The Hall–Kier alpha value is -5.19. The zero-order chi connectivity index (χ0) is 35.5. The van der Waals surface area contributed by atoms with E-state index in [0.29, 0.717) is 59.6 Å². The molecule has 0 bridgehead atoms. The molecule has 1 atom stereocenters. The smallest absolute Gasteiger partial charge is 0.339 e. The Kier molecular flexibility index (Phi) is 10.2. The highest BCUT2D eigenvalue weighted by Crippen LogP contribution is 2.36. The number of carbonyl (C=O) groups excluding carboxylic acids is 2. The molecule has 5 aromatic rings. The minimum absolute atomic E-state index is 0.0281. The van der Waals surface area contributed by atoms with Crippen LogP contribution in [0.4, 0.5) is 0 Å². The summed E-state index contributed by atoms with van der Waals surface area (Å²) in [4.78, 5) is 46.2. The lowest BCUT2D eigenvalue weighted by molar-refractivity contribution is -0.138. The maximum Gasteiger partial charge on any atom is 0.339 e. The second-order valence-electron chi connectivity index (χ2n) is 12.0. The van der Waals surface area contributed by atoms with Crippen molar-refractivity contribution in [3.8, 4) is 17.1 Å². The van der Waals surface area contributed by atoms with Crippen LogP contribution in [-0.2, 0) is 14.3 Å². The van der Waals surface area contributed by atoms with Crippen molar-refractivity contribution >= 4 is 46.6 Å². The second-order valence-corrected chi connectivity index (χ2v) is 13.5. The van der Waals surface area contributed by atoms with E-state index in [4.69, 9.17) is 35.2 Å². The van der Waals surface area contributed by atoms with Gasteiger partial charge < -0.3 is 18.6 Å². The zero-order valence-corrected chi connectivity index (χ0v) is 29.7. The van der Waals surface area contributed by atoms with Gasteiger partial charge in [-0.3, -0.25) is 9.36 Å². The summed E-state index contributed by atoms with van der Waals surface area (Å²) in [6, 6.07) is 24.1. The number of halogens is 1. The van der Waals surface area contributed by atoms with Crippen LogP contribution < -0.4 is 19.6 Å². The van der Waals surface area contributed by atoms with Crippen molar-refractivity contribution in [3.05, 3.63) is 138 Å². The average molecular weight is 711 g/mol. The molecule has 0 aliphatic carbocycles. The minimum atomic E-state index is -0.844. The lowest BCUT2D eigenvalue weighted by Gasteiger charge is -2.26. The molecule has 3 heterocycles. The molecule has 0 fully saturated rings. The van der Waals surface area contributed by atoms with E-state index in [0.717, 1.165) is 0 Å². The number of rotatable bonds is 10.